The maximum atomic E-state index is 8.83. The van der Waals surface area contributed by atoms with Gasteiger partial charge in [0.15, 0.2) is 0 Å². The fraction of sp³-hybridized carbons (Fsp3) is 0.400. The van der Waals surface area contributed by atoms with Gasteiger partial charge < -0.3 is 0 Å². The van der Waals surface area contributed by atoms with E-state index in [2.05, 4.69) is 17.0 Å². The van der Waals surface area contributed by atoms with Gasteiger partial charge in [0.05, 0.1) is 22.0 Å². The van der Waals surface area contributed by atoms with Crippen molar-refractivity contribution in [1.29, 1.82) is 5.26 Å². The van der Waals surface area contributed by atoms with Crippen LogP contribution in [-0.2, 0) is 0 Å². The minimum absolute atomic E-state index is 0.0833. The molecule has 19 heavy (non-hydrogen) atoms. The molecule has 1 unspecified atom stereocenters. The molecule has 1 aliphatic heterocycles. The topological polar surface area (TPSA) is 27.0 Å². The first-order chi connectivity index (χ1) is 9.10. The van der Waals surface area contributed by atoms with E-state index in [9.17, 15) is 0 Å². The van der Waals surface area contributed by atoms with Crippen LogP contribution in [0.3, 0.4) is 0 Å². The molecule has 1 aromatic carbocycles. The molecule has 0 fully saturated rings. The average molecular weight is 295 g/mol. The summed E-state index contributed by atoms with van der Waals surface area (Å²) >= 11 is 12.0. The molecule has 2 rings (SSSR count). The highest BCUT2D eigenvalue weighted by Gasteiger charge is 2.15. The lowest BCUT2D eigenvalue weighted by molar-refractivity contribution is 0.281. The highest BCUT2D eigenvalue weighted by Crippen LogP contribution is 2.29. The van der Waals surface area contributed by atoms with E-state index in [1.54, 1.807) is 0 Å². The number of hydrogen-bond donors (Lipinski definition) is 0. The summed E-state index contributed by atoms with van der Waals surface area (Å²) in [4.78, 5) is 2.30. The van der Waals surface area contributed by atoms with E-state index in [4.69, 9.17) is 28.5 Å². The molecule has 0 radical (unpaired) electrons. The summed E-state index contributed by atoms with van der Waals surface area (Å²) in [7, 11) is 0. The van der Waals surface area contributed by atoms with Gasteiger partial charge in [-0.15, -0.1) is 0 Å². The predicted molar refractivity (Wildman–Crippen MR) is 80.3 cm³/mol. The molecular weight excluding hydrogens is 279 g/mol. The first kappa shape index (κ1) is 14.4. The molecule has 0 amide bonds. The first-order valence-corrected chi connectivity index (χ1v) is 7.12. The Bertz CT molecular complexity index is 531. The summed E-state index contributed by atoms with van der Waals surface area (Å²) in [5, 5.41) is 10.0. The van der Waals surface area contributed by atoms with Gasteiger partial charge in [0, 0.05) is 19.6 Å². The highest BCUT2D eigenvalue weighted by molar-refractivity contribution is 6.42. The van der Waals surface area contributed by atoms with Crippen molar-refractivity contribution in [3.8, 4) is 6.07 Å². The summed E-state index contributed by atoms with van der Waals surface area (Å²) in [5.74, 6) is 0.0833. The van der Waals surface area contributed by atoms with Crippen LogP contribution in [0.5, 0.6) is 0 Å². The van der Waals surface area contributed by atoms with Crippen molar-refractivity contribution >= 4 is 28.8 Å². The van der Waals surface area contributed by atoms with Crippen LogP contribution >= 0.6 is 23.2 Å². The van der Waals surface area contributed by atoms with E-state index < -0.39 is 0 Å². The maximum Gasteiger partial charge on any atom is 0.0666 e. The molecule has 1 heterocycles. The van der Waals surface area contributed by atoms with E-state index >= 15 is 0 Å². The van der Waals surface area contributed by atoms with Gasteiger partial charge in [-0.3, -0.25) is 4.90 Å². The Kier molecular flexibility index (Phi) is 4.87. The molecule has 0 spiro atoms. The van der Waals surface area contributed by atoms with Crippen LogP contribution in [0.4, 0.5) is 0 Å². The summed E-state index contributed by atoms with van der Waals surface area (Å²) in [6.07, 6.45) is 3.20. The normalized spacial score (nSPS) is 17.7. The molecular formula is C15H16Cl2N2. The average Bonchev–Trinajstić information content (AvgIpc) is 2.42. The Labute approximate surface area is 124 Å². The standard InChI is InChI=1S/C15H16Cl2N2/c1-11(9-18)10-19-6-4-12(5-7-19)13-2-3-14(16)15(17)8-13/h2-4,8,11H,5-7,10H2,1H3. The summed E-state index contributed by atoms with van der Waals surface area (Å²) in [6.45, 7) is 4.67. The zero-order valence-corrected chi connectivity index (χ0v) is 12.4. The summed E-state index contributed by atoms with van der Waals surface area (Å²) < 4.78 is 0. The lowest BCUT2D eigenvalue weighted by Crippen LogP contribution is -2.32. The van der Waals surface area contributed by atoms with Crippen molar-refractivity contribution in [2.24, 2.45) is 5.92 Å². The quantitative estimate of drug-likeness (QED) is 0.834. The second-order valence-corrected chi connectivity index (χ2v) is 5.71. The van der Waals surface area contributed by atoms with Gasteiger partial charge in [-0.2, -0.15) is 5.26 Å². The molecule has 0 saturated carbocycles. The number of nitriles is 1. The minimum atomic E-state index is 0.0833. The van der Waals surface area contributed by atoms with E-state index in [1.165, 1.54) is 5.57 Å². The van der Waals surface area contributed by atoms with E-state index in [0.29, 0.717) is 10.0 Å². The van der Waals surface area contributed by atoms with E-state index in [1.807, 2.05) is 25.1 Å². The van der Waals surface area contributed by atoms with E-state index in [0.717, 1.165) is 31.6 Å². The van der Waals surface area contributed by atoms with Gasteiger partial charge >= 0.3 is 0 Å². The fourth-order valence-electron chi connectivity index (χ4n) is 2.26. The third-order valence-corrected chi connectivity index (χ3v) is 4.08. The van der Waals surface area contributed by atoms with E-state index in [-0.39, 0.29) is 5.92 Å². The van der Waals surface area contributed by atoms with Crippen molar-refractivity contribution in [2.45, 2.75) is 13.3 Å². The fourth-order valence-corrected chi connectivity index (χ4v) is 2.56. The summed E-state index contributed by atoms with van der Waals surface area (Å²) in [6, 6.07) is 8.04. The molecule has 0 saturated heterocycles. The third-order valence-electron chi connectivity index (χ3n) is 3.34. The zero-order valence-electron chi connectivity index (χ0n) is 10.9. The maximum absolute atomic E-state index is 8.83. The highest BCUT2D eigenvalue weighted by atomic mass is 35.5. The van der Waals surface area contributed by atoms with Crippen LogP contribution in [0.2, 0.25) is 10.0 Å². The predicted octanol–water partition coefficient (Wildman–Crippen LogP) is 4.24. The number of halogens is 2. The molecule has 100 valence electrons. The number of nitrogens with zero attached hydrogens (tertiary/aromatic N) is 2. The first-order valence-electron chi connectivity index (χ1n) is 6.36. The smallest absolute Gasteiger partial charge is 0.0666 e. The van der Waals surface area contributed by atoms with Gasteiger partial charge in [-0.05, 0) is 36.6 Å². The minimum Gasteiger partial charge on any atom is -0.298 e. The van der Waals surface area contributed by atoms with Crippen molar-refractivity contribution in [3.05, 3.63) is 39.9 Å². The number of benzene rings is 1. The molecule has 2 nitrogen and oxygen atoms in total. The second kappa shape index (κ2) is 6.43. The Morgan fingerprint density at radius 2 is 2.16 bits per heavy atom. The molecule has 0 N–H and O–H groups in total. The lowest BCUT2D eigenvalue weighted by atomic mass is 9.99. The summed E-state index contributed by atoms with van der Waals surface area (Å²) in [5.41, 5.74) is 2.45. The van der Waals surface area contributed by atoms with Crippen LogP contribution in [0.1, 0.15) is 18.9 Å². The molecule has 0 aliphatic carbocycles. The Balaban J connectivity index is 2.04. The molecule has 1 atom stereocenters. The molecule has 1 aliphatic rings. The van der Waals surface area contributed by atoms with Crippen molar-refractivity contribution in [3.63, 3.8) is 0 Å². The van der Waals surface area contributed by atoms with Crippen molar-refractivity contribution < 1.29 is 0 Å². The van der Waals surface area contributed by atoms with Crippen molar-refractivity contribution in [2.75, 3.05) is 19.6 Å². The number of hydrogen-bond acceptors (Lipinski definition) is 2. The van der Waals surface area contributed by atoms with Gasteiger partial charge in [0.25, 0.3) is 0 Å². The van der Waals surface area contributed by atoms with Gasteiger partial charge in [-0.25, -0.2) is 0 Å². The molecule has 0 aromatic heterocycles. The van der Waals surface area contributed by atoms with Crippen LogP contribution in [0.25, 0.3) is 5.57 Å². The Hall–Kier alpha value is -1.01. The van der Waals surface area contributed by atoms with Gasteiger partial charge in [0.1, 0.15) is 0 Å². The van der Waals surface area contributed by atoms with Crippen LogP contribution in [-0.4, -0.2) is 24.5 Å². The Morgan fingerprint density at radius 3 is 2.74 bits per heavy atom. The molecule has 4 heteroatoms. The number of rotatable bonds is 3. The van der Waals surface area contributed by atoms with Gasteiger partial charge in [0.2, 0.25) is 0 Å². The lowest BCUT2D eigenvalue weighted by Gasteiger charge is -2.27. The molecule has 1 aromatic rings. The van der Waals surface area contributed by atoms with Crippen molar-refractivity contribution in [1.82, 2.24) is 4.90 Å². The second-order valence-electron chi connectivity index (χ2n) is 4.90. The SMILES string of the molecule is CC(C#N)CN1CC=C(c2ccc(Cl)c(Cl)c2)CC1. The zero-order chi connectivity index (χ0) is 13.8. The largest absolute Gasteiger partial charge is 0.298 e. The van der Waals surface area contributed by atoms with Crippen LogP contribution in [0.15, 0.2) is 24.3 Å². The monoisotopic (exact) mass is 294 g/mol. The van der Waals surface area contributed by atoms with Gasteiger partial charge in [-0.1, -0.05) is 35.3 Å². The van der Waals surface area contributed by atoms with Crippen LogP contribution in [0, 0.1) is 17.2 Å². The van der Waals surface area contributed by atoms with Crippen LogP contribution < -0.4 is 0 Å². The molecule has 0 bridgehead atoms. The Morgan fingerprint density at radius 1 is 1.37 bits per heavy atom. The third kappa shape index (κ3) is 3.73.